The lowest BCUT2D eigenvalue weighted by Crippen LogP contribution is -2.45. The topological polar surface area (TPSA) is 109 Å². The Hall–Kier alpha value is -3.59. The molecule has 0 radical (unpaired) electrons. The van der Waals surface area contributed by atoms with Crippen LogP contribution in [0.15, 0.2) is 65.3 Å². The minimum Gasteiger partial charge on any atom is -0.467 e. The van der Waals surface area contributed by atoms with Crippen LogP contribution in [0, 0.1) is 13.8 Å². The largest absolute Gasteiger partial charge is 0.467 e. The van der Waals surface area contributed by atoms with Crippen molar-refractivity contribution >= 4 is 33.2 Å². The lowest BCUT2D eigenvalue weighted by atomic mass is 10.1. The number of amides is 2. The van der Waals surface area contributed by atoms with E-state index in [0.717, 1.165) is 21.7 Å². The molecule has 1 aromatic heterocycles. The van der Waals surface area contributed by atoms with Crippen LogP contribution >= 0.6 is 0 Å². The number of hydrogen-bond acceptors (Lipinski definition) is 5. The van der Waals surface area contributed by atoms with Gasteiger partial charge in [-0.15, -0.1) is 0 Å². The summed E-state index contributed by atoms with van der Waals surface area (Å²) in [7, 11) is -3.76. The quantitative estimate of drug-likeness (QED) is 0.524. The molecular weight excluding hydrogens is 442 g/mol. The number of aryl methyl sites for hydroxylation is 2. The first kappa shape index (κ1) is 24.1. The minimum absolute atomic E-state index is 0.194. The Bertz CT molecular complexity index is 1250. The van der Waals surface area contributed by atoms with Crippen LogP contribution in [-0.4, -0.2) is 32.5 Å². The summed E-state index contributed by atoms with van der Waals surface area (Å²) in [6.45, 7) is 5.50. The SMILES string of the molecule is Cc1ccc(N([C@@H](C)C(=O)Nc2ccccc2C(=O)NCc2ccco2)S(C)(=O)=O)cc1C. The molecule has 1 atom stereocenters. The fourth-order valence-corrected chi connectivity index (χ4v) is 4.54. The second-order valence-corrected chi connectivity index (χ2v) is 9.66. The highest BCUT2D eigenvalue weighted by molar-refractivity contribution is 7.92. The number of benzene rings is 2. The van der Waals surface area contributed by atoms with Gasteiger partial charge in [0.25, 0.3) is 5.91 Å². The third-order valence-electron chi connectivity index (χ3n) is 5.27. The van der Waals surface area contributed by atoms with Crippen LogP contribution < -0.4 is 14.9 Å². The molecular formula is C24H27N3O5S. The summed E-state index contributed by atoms with van der Waals surface area (Å²) in [5.74, 6) is -0.371. The van der Waals surface area contributed by atoms with Gasteiger partial charge < -0.3 is 15.1 Å². The lowest BCUT2D eigenvalue weighted by Gasteiger charge is -2.29. The van der Waals surface area contributed by atoms with E-state index in [4.69, 9.17) is 4.42 Å². The molecule has 8 nitrogen and oxygen atoms in total. The van der Waals surface area contributed by atoms with Crippen LogP contribution in [0.25, 0.3) is 0 Å². The molecule has 33 heavy (non-hydrogen) atoms. The van der Waals surface area contributed by atoms with Gasteiger partial charge >= 0.3 is 0 Å². The van der Waals surface area contributed by atoms with Crippen molar-refractivity contribution in [2.24, 2.45) is 0 Å². The van der Waals surface area contributed by atoms with Crippen molar-refractivity contribution < 1.29 is 22.4 Å². The number of sulfonamides is 1. The first-order valence-electron chi connectivity index (χ1n) is 10.3. The average molecular weight is 470 g/mol. The van der Waals surface area contributed by atoms with Crippen LogP contribution in [-0.2, 0) is 21.4 Å². The molecule has 0 saturated heterocycles. The van der Waals surface area contributed by atoms with Crippen molar-refractivity contribution in [2.45, 2.75) is 33.4 Å². The number of nitrogens with one attached hydrogen (secondary N) is 2. The maximum absolute atomic E-state index is 13.1. The summed E-state index contributed by atoms with van der Waals surface area (Å²) in [6.07, 6.45) is 2.57. The van der Waals surface area contributed by atoms with Crippen molar-refractivity contribution in [3.63, 3.8) is 0 Å². The molecule has 0 aliphatic heterocycles. The number of rotatable bonds is 8. The normalized spacial score (nSPS) is 12.1. The maximum Gasteiger partial charge on any atom is 0.253 e. The molecule has 0 bridgehead atoms. The third-order valence-corrected chi connectivity index (χ3v) is 6.51. The summed E-state index contributed by atoms with van der Waals surface area (Å²) < 4.78 is 31.4. The summed E-state index contributed by atoms with van der Waals surface area (Å²) in [6, 6.07) is 14.2. The van der Waals surface area contributed by atoms with E-state index in [1.165, 1.54) is 13.2 Å². The molecule has 3 rings (SSSR count). The van der Waals surface area contributed by atoms with Crippen LogP contribution in [0.4, 0.5) is 11.4 Å². The maximum atomic E-state index is 13.1. The molecule has 0 fully saturated rings. The van der Waals surface area contributed by atoms with Crippen LogP contribution in [0.2, 0.25) is 0 Å². The van der Waals surface area contributed by atoms with Crippen molar-refractivity contribution in [3.05, 3.63) is 83.3 Å². The second kappa shape index (κ2) is 9.91. The zero-order valence-corrected chi connectivity index (χ0v) is 19.8. The van der Waals surface area contributed by atoms with Crippen molar-refractivity contribution in [2.75, 3.05) is 15.9 Å². The molecule has 0 spiro atoms. The number of anilines is 2. The van der Waals surface area contributed by atoms with E-state index in [2.05, 4.69) is 10.6 Å². The van der Waals surface area contributed by atoms with Crippen molar-refractivity contribution in [1.29, 1.82) is 0 Å². The van der Waals surface area contributed by atoms with Gasteiger partial charge in [-0.25, -0.2) is 8.42 Å². The Labute approximate surface area is 193 Å². The van der Waals surface area contributed by atoms with Crippen LogP contribution in [0.1, 0.15) is 34.2 Å². The molecule has 0 aliphatic rings. The van der Waals surface area contributed by atoms with E-state index in [9.17, 15) is 18.0 Å². The highest BCUT2D eigenvalue weighted by Crippen LogP contribution is 2.25. The molecule has 2 aromatic carbocycles. The van der Waals surface area contributed by atoms with E-state index >= 15 is 0 Å². The number of carbonyl (C=O) groups excluding carboxylic acids is 2. The molecule has 3 aromatic rings. The number of carbonyl (C=O) groups is 2. The first-order valence-corrected chi connectivity index (χ1v) is 12.2. The summed E-state index contributed by atoms with van der Waals surface area (Å²) >= 11 is 0. The van der Waals surface area contributed by atoms with E-state index in [0.29, 0.717) is 11.4 Å². The highest BCUT2D eigenvalue weighted by atomic mass is 32.2. The van der Waals surface area contributed by atoms with E-state index in [1.54, 1.807) is 48.5 Å². The summed E-state index contributed by atoms with van der Waals surface area (Å²) in [5.41, 5.74) is 2.85. The van der Waals surface area contributed by atoms with Gasteiger partial charge in [0.15, 0.2) is 0 Å². The van der Waals surface area contributed by atoms with Gasteiger partial charge in [0.05, 0.1) is 36.0 Å². The Morgan fingerprint density at radius 2 is 1.76 bits per heavy atom. The molecule has 0 saturated carbocycles. The fraction of sp³-hybridized carbons (Fsp3) is 0.250. The third kappa shape index (κ3) is 5.81. The molecule has 174 valence electrons. The van der Waals surface area contributed by atoms with Gasteiger partial charge in [-0.1, -0.05) is 18.2 Å². The van der Waals surface area contributed by atoms with Gasteiger partial charge in [-0.3, -0.25) is 13.9 Å². The zero-order chi connectivity index (χ0) is 24.2. The van der Waals surface area contributed by atoms with Crippen molar-refractivity contribution in [1.82, 2.24) is 5.32 Å². The number of hydrogen-bond donors (Lipinski definition) is 2. The van der Waals surface area contributed by atoms with E-state index in [-0.39, 0.29) is 17.8 Å². The summed E-state index contributed by atoms with van der Waals surface area (Å²) in [4.78, 5) is 25.8. The Morgan fingerprint density at radius 1 is 1.03 bits per heavy atom. The van der Waals surface area contributed by atoms with Gasteiger partial charge in [-0.2, -0.15) is 0 Å². The first-order chi connectivity index (χ1) is 15.6. The number of para-hydroxylation sites is 1. The van der Waals surface area contributed by atoms with Crippen molar-refractivity contribution in [3.8, 4) is 0 Å². The Balaban J connectivity index is 1.82. The molecule has 0 aliphatic carbocycles. The average Bonchev–Trinajstić information content (AvgIpc) is 3.27. The number of nitrogens with zero attached hydrogens (tertiary/aromatic N) is 1. The number of furan rings is 1. The van der Waals surface area contributed by atoms with Gasteiger partial charge in [0.1, 0.15) is 11.8 Å². The molecule has 2 N–H and O–H groups in total. The van der Waals surface area contributed by atoms with Gasteiger partial charge in [0, 0.05) is 0 Å². The highest BCUT2D eigenvalue weighted by Gasteiger charge is 2.30. The summed E-state index contributed by atoms with van der Waals surface area (Å²) in [5, 5.41) is 5.44. The lowest BCUT2D eigenvalue weighted by molar-refractivity contribution is -0.116. The Morgan fingerprint density at radius 3 is 2.39 bits per heavy atom. The molecule has 9 heteroatoms. The standard InChI is InChI=1S/C24H27N3O5S/c1-16-11-12-19(14-17(16)2)27(33(4,30)31)18(3)23(28)26-22-10-6-5-9-21(22)24(29)25-15-20-8-7-13-32-20/h5-14,18H,15H2,1-4H3,(H,25,29)(H,26,28)/t18-/m0/s1. The van der Waals surface area contributed by atoms with Crippen LogP contribution in [0.3, 0.4) is 0 Å². The Kier molecular flexibility index (Phi) is 7.23. The minimum atomic E-state index is -3.76. The van der Waals surface area contributed by atoms with E-state index in [1.807, 2.05) is 19.9 Å². The molecule has 2 amide bonds. The predicted molar refractivity (Wildman–Crippen MR) is 128 cm³/mol. The zero-order valence-electron chi connectivity index (χ0n) is 19.0. The van der Waals surface area contributed by atoms with Gasteiger partial charge in [0.2, 0.25) is 15.9 Å². The fourth-order valence-electron chi connectivity index (χ4n) is 3.37. The molecule has 0 unspecified atom stereocenters. The van der Waals surface area contributed by atoms with Gasteiger partial charge in [-0.05, 0) is 68.3 Å². The monoisotopic (exact) mass is 469 g/mol. The molecule has 1 heterocycles. The second-order valence-electron chi connectivity index (χ2n) is 7.80. The predicted octanol–water partition coefficient (Wildman–Crippen LogP) is 3.62. The van der Waals surface area contributed by atoms with Crippen LogP contribution in [0.5, 0.6) is 0 Å². The smallest absolute Gasteiger partial charge is 0.253 e. The van der Waals surface area contributed by atoms with E-state index < -0.39 is 27.9 Å².